The van der Waals surface area contributed by atoms with E-state index < -0.39 is 23.5 Å². The molecule has 6 rings (SSSR count). The van der Waals surface area contributed by atoms with Gasteiger partial charge in [0, 0.05) is 12.0 Å². The van der Waals surface area contributed by atoms with Crippen LogP contribution in [0.15, 0.2) is 60.2 Å². The molecular weight excluding hydrogens is 547 g/mol. The molecule has 2 aliphatic rings. The maximum atomic E-state index is 14.0. The second-order valence-corrected chi connectivity index (χ2v) is 10.8. The molecule has 1 aromatic heterocycles. The van der Waals surface area contributed by atoms with Crippen molar-refractivity contribution in [3.63, 3.8) is 0 Å². The van der Waals surface area contributed by atoms with Gasteiger partial charge in [0.2, 0.25) is 0 Å². The van der Waals surface area contributed by atoms with Gasteiger partial charge in [0.15, 0.2) is 16.6 Å². The lowest BCUT2D eigenvalue weighted by Crippen LogP contribution is -2.29. The molecule has 3 aromatic carbocycles. The number of hydrogen-bond donors (Lipinski definition) is 1. The van der Waals surface area contributed by atoms with E-state index in [4.69, 9.17) is 14.2 Å². The second-order valence-electron chi connectivity index (χ2n) is 9.80. The Morgan fingerprint density at radius 3 is 2.63 bits per heavy atom. The lowest BCUT2D eigenvalue weighted by atomic mass is 9.94. The second kappa shape index (κ2) is 10.5. The van der Waals surface area contributed by atoms with Gasteiger partial charge in [-0.1, -0.05) is 17.4 Å². The van der Waals surface area contributed by atoms with Crippen LogP contribution in [0.25, 0.3) is 16.0 Å². The number of Topliss-reactive ketones (excluding diaryl/α,β-unsaturated/α-hetero) is 1. The molecule has 2 unspecified atom stereocenters. The molecule has 2 aliphatic heterocycles. The molecule has 0 bridgehead atoms. The minimum atomic E-state index is -1.03. The lowest BCUT2D eigenvalue weighted by Gasteiger charge is -2.24. The highest BCUT2D eigenvalue weighted by Crippen LogP contribution is 2.46. The lowest BCUT2D eigenvalue weighted by molar-refractivity contribution is -0.132. The van der Waals surface area contributed by atoms with Gasteiger partial charge in [-0.05, 0) is 80.4 Å². The number of benzene rings is 3. The Morgan fingerprint density at radius 2 is 1.85 bits per heavy atom. The van der Waals surface area contributed by atoms with E-state index in [-0.39, 0.29) is 22.6 Å². The van der Waals surface area contributed by atoms with E-state index in [1.54, 1.807) is 36.4 Å². The Balaban J connectivity index is 1.55. The summed E-state index contributed by atoms with van der Waals surface area (Å²) in [6.07, 6.45) is 0.658. The average Bonchev–Trinajstić information content (AvgIpc) is 3.61. The first-order valence-electron chi connectivity index (χ1n) is 13.4. The normalized spacial score (nSPS) is 19.5. The van der Waals surface area contributed by atoms with Crippen molar-refractivity contribution in [2.75, 3.05) is 18.1 Å². The SMILES string of the molecule is CCOc1ccc(C2/C(=C(/O)c3ccc4c(c3)CC(C)O4)C(=O)C(=O)N2c2nc3ccc(F)cc3s2)cc1OCC. The fourth-order valence-electron chi connectivity index (χ4n) is 5.30. The van der Waals surface area contributed by atoms with Crippen molar-refractivity contribution in [2.45, 2.75) is 39.3 Å². The Labute approximate surface area is 239 Å². The molecule has 10 heteroatoms. The standard InChI is InChI=1S/C31H27FN2O6S/c1-4-38-23-11-6-17(14-24(23)39-5-2)27-26(28(35)18-7-10-22-19(13-18)12-16(3)40-22)29(36)30(37)34(27)31-33-21-9-8-20(32)15-25(21)41-31/h6-11,13-16,27,35H,4-5,12H2,1-3H3/b28-26-. The number of carbonyl (C=O) groups excluding carboxylic acids is 2. The molecule has 3 heterocycles. The van der Waals surface area contributed by atoms with Crippen molar-refractivity contribution in [1.82, 2.24) is 4.98 Å². The number of anilines is 1. The number of thiazole rings is 1. The van der Waals surface area contributed by atoms with Gasteiger partial charge in [0.1, 0.15) is 23.4 Å². The molecular formula is C31H27FN2O6S. The molecule has 0 spiro atoms. The molecule has 0 saturated carbocycles. The zero-order valence-corrected chi connectivity index (χ0v) is 23.5. The van der Waals surface area contributed by atoms with Crippen molar-refractivity contribution in [3.05, 3.63) is 82.7 Å². The van der Waals surface area contributed by atoms with Crippen molar-refractivity contribution in [1.29, 1.82) is 0 Å². The van der Waals surface area contributed by atoms with E-state index in [0.29, 0.717) is 52.5 Å². The highest BCUT2D eigenvalue weighted by molar-refractivity contribution is 7.22. The number of ether oxygens (including phenoxy) is 3. The minimum absolute atomic E-state index is 0.00214. The Morgan fingerprint density at radius 1 is 1.07 bits per heavy atom. The third-order valence-corrected chi connectivity index (χ3v) is 8.06. The number of halogens is 1. The quantitative estimate of drug-likeness (QED) is 0.160. The van der Waals surface area contributed by atoms with Crippen LogP contribution in [-0.4, -0.2) is 41.1 Å². The number of rotatable bonds is 7. The van der Waals surface area contributed by atoms with Crippen LogP contribution in [0.2, 0.25) is 0 Å². The first-order chi connectivity index (χ1) is 19.8. The summed E-state index contributed by atoms with van der Waals surface area (Å²) < 4.78 is 31.8. The number of carbonyl (C=O) groups is 2. The molecule has 210 valence electrons. The number of amides is 1. The van der Waals surface area contributed by atoms with E-state index >= 15 is 0 Å². The van der Waals surface area contributed by atoms with Crippen LogP contribution >= 0.6 is 11.3 Å². The smallest absolute Gasteiger partial charge is 0.301 e. The number of fused-ring (bicyclic) bond motifs is 2. The molecule has 4 aromatic rings. The minimum Gasteiger partial charge on any atom is -0.507 e. The van der Waals surface area contributed by atoms with Gasteiger partial charge in [-0.2, -0.15) is 0 Å². The Kier molecular flexibility index (Phi) is 6.86. The van der Waals surface area contributed by atoms with Gasteiger partial charge >= 0.3 is 5.91 Å². The third-order valence-electron chi connectivity index (χ3n) is 7.04. The largest absolute Gasteiger partial charge is 0.507 e. The number of aliphatic hydroxyl groups is 1. The monoisotopic (exact) mass is 574 g/mol. The molecule has 0 aliphatic carbocycles. The van der Waals surface area contributed by atoms with Crippen LogP contribution < -0.4 is 19.1 Å². The van der Waals surface area contributed by atoms with Crippen LogP contribution in [0.1, 0.15) is 43.5 Å². The molecule has 1 amide bonds. The Hall–Kier alpha value is -4.44. The highest BCUT2D eigenvalue weighted by atomic mass is 32.1. The van der Waals surface area contributed by atoms with E-state index in [0.717, 1.165) is 22.6 Å². The number of aliphatic hydroxyl groups excluding tert-OH is 1. The third kappa shape index (κ3) is 4.67. The molecule has 1 fully saturated rings. The summed E-state index contributed by atoms with van der Waals surface area (Å²) >= 11 is 1.09. The number of ketones is 1. The molecule has 1 N–H and O–H groups in total. The van der Waals surface area contributed by atoms with Crippen molar-refractivity contribution in [3.8, 4) is 17.2 Å². The molecule has 0 radical (unpaired) electrons. The van der Waals surface area contributed by atoms with Crippen LogP contribution in [-0.2, 0) is 16.0 Å². The van der Waals surface area contributed by atoms with Crippen LogP contribution in [0, 0.1) is 5.82 Å². The maximum absolute atomic E-state index is 14.0. The summed E-state index contributed by atoms with van der Waals surface area (Å²) in [5.41, 5.74) is 2.22. The van der Waals surface area contributed by atoms with Gasteiger partial charge in [-0.3, -0.25) is 14.5 Å². The highest BCUT2D eigenvalue weighted by Gasteiger charge is 2.48. The first kappa shape index (κ1) is 26.8. The number of aromatic nitrogens is 1. The van der Waals surface area contributed by atoms with E-state index in [9.17, 15) is 19.1 Å². The number of nitrogens with zero attached hydrogens (tertiary/aromatic N) is 2. The topological polar surface area (TPSA) is 98.2 Å². The zero-order valence-electron chi connectivity index (χ0n) is 22.6. The summed E-state index contributed by atoms with van der Waals surface area (Å²) in [5.74, 6) is -0.770. The average molecular weight is 575 g/mol. The molecule has 2 atom stereocenters. The van der Waals surface area contributed by atoms with Gasteiger partial charge in [-0.25, -0.2) is 9.37 Å². The molecule has 8 nitrogen and oxygen atoms in total. The van der Waals surface area contributed by atoms with Crippen molar-refractivity contribution >= 4 is 44.1 Å². The summed E-state index contributed by atoms with van der Waals surface area (Å²) in [5, 5.41) is 11.8. The zero-order chi connectivity index (χ0) is 28.8. The van der Waals surface area contributed by atoms with Crippen molar-refractivity contribution in [2.24, 2.45) is 0 Å². The van der Waals surface area contributed by atoms with E-state index in [1.165, 1.54) is 23.1 Å². The predicted molar refractivity (Wildman–Crippen MR) is 153 cm³/mol. The number of hydrogen-bond acceptors (Lipinski definition) is 8. The first-order valence-corrected chi connectivity index (χ1v) is 14.2. The van der Waals surface area contributed by atoms with Crippen LogP contribution in [0.5, 0.6) is 17.2 Å². The fraction of sp³-hybridized carbons (Fsp3) is 0.258. The Bertz CT molecular complexity index is 1730. The summed E-state index contributed by atoms with van der Waals surface area (Å²) in [4.78, 5) is 33.1. The van der Waals surface area contributed by atoms with E-state index in [2.05, 4.69) is 4.98 Å². The van der Waals surface area contributed by atoms with Crippen LogP contribution in [0.3, 0.4) is 0 Å². The summed E-state index contributed by atoms with van der Waals surface area (Å²) in [6, 6.07) is 13.5. The fourth-order valence-corrected chi connectivity index (χ4v) is 6.31. The summed E-state index contributed by atoms with van der Waals surface area (Å²) in [6.45, 7) is 6.43. The molecule has 1 saturated heterocycles. The van der Waals surface area contributed by atoms with Gasteiger partial charge in [0.05, 0.1) is 35.0 Å². The van der Waals surface area contributed by atoms with Gasteiger partial charge in [-0.15, -0.1) is 0 Å². The summed E-state index contributed by atoms with van der Waals surface area (Å²) in [7, 11) is 0. The van der Waals surface area contributed by atoms with Crippen LogP contribution in [0.4, 0.5) is 9.52 Å². The van der Waals surface area contributed by atoms with Gasteiger partial charge < -0.3 is 19.3 Å². The van der Waals surface area contributed by atoms with Crippen molar-refractivity contribution < 1.29 is 33.3 Å². The molecule has 41 heavy (non-hydrogen) atoms. The predicted octanol–water partition coefficient (Wildman–Crippen LogP) is 6.18. The maximum Gasteiger partial charge on any atom is 0.301 e. The van der Waals surface area contributed by atoms with E-state index in [1.807, 2.05) is 20.8 Å². The van der Waals surface area contributed by atoms with Gasteiger partial charge in [0.25, 0.3) is 5.78 Å².